The van der Waals surface area contributed by atoms with Gasteiger partial charge in [0.1, 0.15) is 6.04 Å². The average Bonchev–Trinajstić information content (AvgIpc) is 3.37. The van der Waals surface area contributed by atoms with Crippen molar-refractivity contribution in [3.05, 3.63) is 29.3 Å². The number of likely N-dealkylation sites (tertiary alicyclic amines) is 1. The molecule has 1 fully saturated rings. The first-order valence-corrected chi connectivity index (χ1v) is 13.6. The Labute approximate surface area is 202 Å². The standard InChI is InChI=1S/C26H39N3O3S/c1-3-10-23(25(31)27-19-30)29-18-22-21(26(29)32)11-9-12-24(22)33-16-8-6-4-5-7-14-28-15-13-20(2)17-28/h9,11-12,19-20,23H,3-8,10,13-18H2,1-2H3,(H,27,30,31). The fraction of sp³-hybridized carbons (Fsp3) is 0.654. The highest BCUT2D eigenvalue weighted by atomic mass is 32.2. The number of carbonyl (C=O) groups is 3. The highest BCUT2D eigenvalue weighted by Crippen LogP contribution is 2.34. The molecule has 0 aliphatic carbocycles. The molecule has 0 spiro atoms. The van der Waals surface area contributed by atoms with Crippen LogP contribution in [-0.2, 0) is 16.1 Å². The number of thioether (sulfide) groups is 1. The number of amides is 3. The van der Waals surface area contributed by atoms with Gasteiger partial charge in [-0.1, -0.05) is 45.6 Å². The Bertz CT molecular complexity index is 816. The van der Waals surface area contributed by atoms with E-state index in [-0.39, 0.29) is 5.91 Å². The summed E-state index contributed by atoms with van der Waals surface area (Å²) in [5, 5.41) is 2.23. The van der Waals surface area contributed by atoms with Crippen LogP contribution in [0.3, 0.4) is 0 Å². The molecule has 0 aromatic heterocycles. The van der Waals surface area contributed by atoms with Crippen LogP contribution in [0.1, 0.15) is 81.1 Å². The first-order chi connectivity index (χ1) is 16.0. The number of nitrogens with one attached hydrogen (secondary N) is 1. The molecular formula is C26H39N3O3S. The molecule has 2 aliphatic rings. The van der Waals surface area contributed by atoms with Crippen molar-refractivity contribution in [2.24, 2.45) is 5.92 Å². The zero-order valence-corrected chi connectivity index (χ0v) is 21.0. The van der Waals surface area contributed by atoms with Crippen LogP contribution in [-0.4, -0.2) is 59.5 Å². The predicted molar refractivity (Wildman–Crippen MR) is 133 cm³/mol. The van der Waals surface area contributed by atoms with Crippen LogP contribution in [0.25, 0.3) is 0 Å². The first-order valence-electron chi connectivity index (χ1n) is 12.6. The molecule has 0 saturated carbocycles. The highest BCUT2D eigenvalue weighted by molar-refractivity contribution is 7.99. The monoisotopic (exact) mass is 473 g/mol. The first kappa shape index (κ1) is 25.8. The van der Waals surface area contributed by atoms with Crippen molar-refractivity contribution in [2.45, 2.75) is 82.7 Å². The number of rotatable bonds is 14. The number of hydrogen-bond acceptors (Lipinski definition) is 5. The van der Waals surface area contributed by atoms with E-state index in [1.54, 1.807) is 4.90 Å². The summed E-state index contributed by atoms with van der Waals surface area (Å²) >= 11 is 1.81. The molecule has 2 unspecified atom stereocenters. The van der Waals surface area contributed by atoms with Crippen LogP contribution in [0.15, 0.2) is 23.1 Å². The smallest absolute Gasteiger partial charge is 0.255 e. The quantitative estimate of drug-likeness (QED) is 0.245. The second kappa shape index (κ2) is 13.1. The Morgan fingerprint density at radius 3 is 2.76 bits per heavy atom. The predicted octanol–water partition coefficient (Wildman–Crippen LogP) is 4.47. The number of nitrogens with zero attached hydrogens (tertiary/aromatic N) is 2. The van der Waals surface area contributed by atoms with Crippen LogP contribution in [0.2, 0.25) is 0 Å². The van der Waals surface area contributed by atoms with E-state index in [1.807, 2.05) is 30.8 Å². The maximum atomic E-state index is 13.0. The molecule has 33 heavy (non-hydrogen) atoms. The number of carbonyl (C=O) groups excluding carboxylic acids is 3. The second-order valence-electron chi connectivity index (χ2n) is 9.46. The Kier molecular flexibility index (Phi) is 10.3. The molecule has 1 N–H and O–H groups in total. The van der Waals surface area contributed by atoms with Crippen LogP contribution in [0.5, 0.6) is 0 Å². The lowest BCUT2D eigenvalue weighted by atomic mass is 10.1. The molecule has 7 heteroatoms. The lowest BCUT2D eigenvalue weighted by Crippen LogP contribution is -2.46. The van der Waals surface area contributed by atoms with Crippen LogP contribution >= 0.6 is 11.8 Å². The van der Waals surface area contributed by atoms with Gasteiger partial charge in [0.05, 0.1) is 0 Å². The molecule has 6 nitrogen and oxygen atoms in total. The van der Waals surface area contributed by atoms with Gasteiger partial charge in [-0.25, -0.2) is 0 Å². The van der Waals surface area contributed by atoms with Crippen LogP contribution in [0, 0.1) is 5.92 Å². The molecule has 2 aliphatic heterocycles. The maximum Gasteiger partial charge on any atom is 0.255 e. The van der Waals surface area contributed by atoms with Crippen molar-refractivity contribution >= 4 is 30.0 Å². The molecule has 1 saturated heterocycles. The van der Waals surface area contributed by atoms with Gasteiger partial charge in [-0.3, -0.25) is 19.7 Å². The number of benzene rings is 1. The highest BCUT2D eigenvalue weighted by Gasteiger charge is 2.36. The summed E-state index contributed by atoms with van der Waals surface area (Å²) in [5.74, 6) is 1.40. The molecule has 182 valence electrons. The molecule has 3 rings (SSSR count). The van der Waals surface area contributed by atoms with Crippen molar-refractivity contribution < 1.29 is 14.4 Å². The average molecular weight is 474 g/mol. The summed E-state index contributed by atoms with van der Waals surface area (Å²) < 4.78 is 0. The summed E-state index contributed by atoms with van der Waals surface area (Å²) in [7, 11) is 0. The second-order valence-corrected chi connectivity index (χ2v) is 10.6. The Morgan fingerprint density at radius 1 is 1.24 bits per heavy atom. The lowest BCUT2D eigenvalue weighted by molar-refractivity contribution is -0.129. The topological polar surface area (TPSA) is 69.7 Å². The van der Waals surface area contributed by atoms with Gasteiger partial charge in [0.15, 0.2) is 0 Å². The third-order valence-electron chi connectivity index (χ3n) is 6.78. The van der Waals surface area contributed by atoms with E-state index in [1.165, 1.54) is 58.2 Å². The van der Waals surface area contributed by atoms with Gasteiger partial charge in [-0.05, 0) is 68.1 Å². The number of imide groups is 1. The van der Waals surface area contributed by atoms with Gasteiger partial charge < -0.3 is 9.80 Å². The molecular weight excluding hydrogens is 434 g/mol. The number of fused-ring (bicyclic) bond motifs is 1. The molecule has 1 aromatic carbocycles. The van der Waals surface area contributed by atoms with Gasteiger partial charge in [-0.15, -0.1) is 11.8 Å². The fourth-order valence-electron chi connectivity index (χ4n) is 4.95. The van der Waals surface area contributed by atoms with Gasteiger partial charge in [-0.2, -0.15) is 0 Å². The van der Waals surface area contributed by atoms with Gasteiger partial charge >= 0.3 is 0 Å². The van der Waals surface area contributed by atoms with Gasteiger partial charge in [0.2, 0.25) is 12.3 Å². The van der Waals surface area contributed by atoms with Crippen molar-refractivity contribution in [3.63, 3.8) is 0 Å². The van der Waals surface area contributed by atoms with Crippen LogP contribution in [0.4, 0.5) is 0 Å². The maximum absolute atomic E-state index is 13.0. The summed E-state index contributed by atoms with van der Waals surface area (Å²) in [6, 6.07) is 5.25. The van der Waals surface area contributed by atoms with Crippen molar-refractivity contribution in [1.82, 2.24) is 15.1 Å². The lowest BCUT2D eigenvalue weighted by Gasteiger charge is -2.25. The van der Waals surface area contributed by atoms with Crippen molar-refractivity contribution in [2.75, 3.05) is 25.4 Å². The zero-order valence-electron chi connectivity index (χ0n) is 20.2. The third-order valence-corrected chi connectivity index (χ3v) is 7.97. The van der Waals surface area contributed by atoms with E-state index >= 15 is 0 Å². The largest absolute Gasteiger partial charge is 0.322 e. The number of unbranched alkanes of at least 4 members (excludes halogenated alkanes) is 4. The third kappa shape index (κ3) is 7.06. The van der Waals surface area contributed by atoms with E-state index in [9.17, 15) is 14.4 Å². The van der Waals surface area contributed by atoms with E-state index in [2.05, 4.69) is 23.2 Å². The minimum atomic E-state index is -0.610. The summed E-state index contributed by atoms with van der Waals surface area (Å²) in [4.78, 5) is 41.5. The van der Waals surface area contributed by atoms with E-state index < -0.39 is 11.9 Å². The van der Waals surface area contributed by atoms with E-state index in [0.717, 1.165) is 28.6 Å². The zero-order chi connectivity index (χ0) is 23.6. The molecule has 0 bridgehead atoms. The van der Waals surface area contributed by atoms with Crippen LogP contribution < -0.4 is 5.32 Å². The van der Waals surface area contributed by atoms with Gasteiger partial charge in [0, 0.05) is 23.5 Å². The van der Waals surface area contributed by atoms with E-state index in [0.29, 0.717) is 24.9 Å². The Hall–Kier alpha value is -1.86. The van der Waals surface area contributed by atoms with Gasteiger partial charge in [0.25, 0.3) is 5.91 Å². The van der Waals surface area contributed by atoms with Crippen molar-refractivity contribution in [1.29, 1.82) is 0 Å². The minimum Gasteiger partial charge on any atom is -0.322 e. The fourth-order valence-corrected chi connectivity index (χ4v) is 6.04. The molecule has 2 atom stereocenters. The Morgan fingerprint density at radius 2 is 2.03 bits per heavy atom. The SMILES string of the molecule is CCCC(C(=O)NC=O)N1Cc2c(SCCCCCCCN3CCC(C)C3)cccc2C1=O. The molecule has 1 aromatic rings. The molecule has 0 radical (unpaired) electrons. The van der Waals surface area contributed by atoms with E-state index in [4.69, 9.17) is 0 Å². The van der Waals surface area contributed by atoms with Crippen molar-refractivity contribution in [3.8, 4) is 0 Å². The minimum absolute atomic E-state index is 0.112. The Balaban J connectivity index is 1.43. The summed E-state index contributed by atoms with van der Waals surface area (Å²) in [6.07, 6.45) is 9.37. The number of hydrogen-bond donors (Lipinski definition) is 1. The normalized spacial score (nSPS) is 19.0. The molecule has 2 heterocycles. The molecule has 3 amide bonds. The summed E-state index contributed by atoms with van der Waals surface area (Å²) in [5.41, 5.74) is 1.71. The summed E-state index contributed by atoms with van der Waals surface area (Å²) in [6.45, 7) is 8.57.